The van der Waals surface area contributed by atoms with Crippen LogP contribution in [0, 0.1) is 5.41 Å². The molecular formula is C24H22N6O2. The van der Waals surface area contributed by atoms with Crippen LogP contribution in [-0.2, 0) is 0 Å². The lowest BCUT2D eigenvalue weighted by Gasteiger charge is -2.57. The van der Waals surface area contributed by atoms with Crippen molar-refractivity contribution in [1.29, 1.82) is 0 Å². The Morgan fingerprint density at radius 3 is 2.59 bits per heavy atom. The van der Waals surface area contributed by atoms with Crippen LogP contribution in [0.1, 0.15) is 47.7 Å². The van der Waals surface area contributed by atoms with Gasteiger partial charge in [0.2, 0.25) is 0 Å². The summed E-state index contributed by atoms with van der Waals surface area (Å²) in [4.78, 5) is 29.0. The highest BCUT2D eigenvalue weighted by Gasteiger charge is 2.54. The van der Waals surface area contributed by atoms with Crippen molar-refractivity contribution in [3.05, 3.63) is 82.7 Å². The topological polar surface area (TPSA) is 106 Å². The molecule has 2 aliphatic carbocycles. The Hall–Kier alpha value is -3.81. The molecule has 2 aliphatic rings. The van der Waals surface area contributed by atoms with Gasteiger partial charge in [0.15, 0.2) is 5.82 Å². The lowest BCUT2D eigenvalue weighted by Crippen LogP contribution is -2.55. The smallest absolute Gasteiger partial charge is 0.272 e. The number of fused-ring (bicyclic) bond motifs is 1. The summed E-state index contributed by atoms with van der Waals surface area (Å²) < 4.78 is 1.66. The highest BCUT2D eigenvalue weighted by molar-refractivity contribution is 5.94. The fourth-order valence-electron chi connectivity index (χ4n) is 5.38. The van der Waals surface area contributed by atoms with Gasteiger partial charge in [-0.1, -0.05) is 18.2 Å². The van der Waals surface area contributed by atoms with Crippen molar-refractivity contribution >= 4 is 16.7 Å². The van der Waals surface area contributed by atoms with Crippen LogP contribution in [0.5, 0.6) is 0 Å². The Bertz CT molecular complexity index is 1350. The molecule has 2 fully saturated rings. The average Bonchev–Trinajstić information content (AvgIpc) is 3.30. The molecule has 32 heavy (non-hydrogen) atoms. The predicted octanol–water partition coefficient (Wildman–Crippen LogP) is 2.96. The lowest BCUT2D eigenvalue weighted by molar-refractivity contribution is -0.0196. The SMILES string of the molecule is O=C(N[C@H]1CC2(C1)C[C@H](c1n[nH]c(=O)c3ccccc31)C2)c1ccc(-n2cccn2)nc1. The highest BCUT2D eigenvalue weighted by Crippen LogP contribution is 2.62. The van der Waals surface area contributed by atoms with Gasteiger partial charge < -0.3 is 5.32 Å². The Labute approximate surface area is 183 Å². The van der Waals surface area contributed by atoms with Gasteiger partial charge in [0.1, 0.15) is 0 Å². The molecule has 8 heteroatoms. The summed E-state index contributed by atoms with van der Waals surface area (Å²) in [6.45, 7) is 0. The Balaban J connectivity index is 1.07. The molecule has 6 rings (SSSR count). The number of carbonyl (C=O) groups is 1. The van der Waals surface area contributed by atoms with Crippen molar-refractivity contribution in [3.8, 4) is 5.82 Å². The first kappa shape index (κ1) is 18.9. The average molecular weight is 426 g/mol. The van der Waals surface area contributed by atoms with E-state index in [1.165, 1.54) is 0 Å². The van der Waals surface area contributed by atoms with E-state index in [0.717, 1.165) is 36.8 Å². The van der Waals surface area contributed by atoms with Crippen molar-refractivity contribution in [2.75, 3.05) is 0 Å². The van der Waals surface area contributed by atoms with Crippen molar-refractivity contribution in [1.82, 2.24) is 30.3 Å². The second-order valence-corrected chi connectivity index (χ2v) is 9.02. The minimum absolute atomic E-state index is 0.0893. The fourth-order valence-corrected chi connectivity index (χ4v) is 5.38. The number of H-pyrrole nitrogens is 1. The first-order valence-corrected chi connectivity index (χ1v) is 10.8. The number of hydrogen-bond acceptors (Lipinski definition) is 5. The van der Waals surface area contributed by atoms with Crippen LogP contribution >= 0.6 is 0 Å². The van der Waals surface area contributed by atoms with Crippen LogP contribution < -0.4 is 10.9 Å². The number of nitrogens with one attached hydrogen (secondary N) is 2. The second kappa shape index (κ2) is 7.12. The van der Waals surface area contributed by atoms with E-state index in [4.69, 9.17) is 0 Å². The first-order valence-electron chi connectivity index (χ1n) is 10.8. The molecule has 4 aromatic rings. The van der Waals surface area contributed by atoms with Crippen LogP contribution in [-0.4, -0.2) is 36.9 Å². The van der Waals surface area contributed by atoms with Crippen molar-refractivity contribution in [2.24, 2.45) is 5.41 Å². The van der Waals surface area contributed by atoms with Gasteiger partial charge in [-0.3, -0.25) is 9.59 Å². The van der Waals surface area contributed by atoms with Crippen molar-refractivity contribution in [3.63, 3.8) is 0 Å². The Kier molecular flexibility index (Phi) is 4.21. The van der Waals surface area contributed by atoms with Gasteiger partial charge in [0, 0.05) is 35.9 Å². The quantitative estimate of drug-likeness (QED) is 0.522. The number of benzene rings is 1. The van der Waals surface area contributed by atoms with Crippen LogP contribution in [0.4, 0.5) is 0 Å². The molecule has 0 bridgehead atoms. The van der Waals surface area contributed by atoms with E-state index in [1.54, 1.807) is 29.2 Å². The fraction of sp³-hybridized carbons (Fsp3) is 0.292. The molecule has 1 spiro atoms. The predicted molar refractivity (Wildman–Crippen MR) is 119 cm³/mol. The van der Waals surface area contributed by atoms with Gasteiger partial charge in [-0.05, 0) is 55.4 Å². The zero-order chi connectivity index (χ0) is 21.7. The third kappa shape index (κ3) is 3.10. The van der Waals surface area contributed by atoms with E-state index < -0.39 is 0 Å². The van der Waals surface area contributed by atoms with Gasteiger partial charge in [0.25, 0.3) is 11.5 Å². The van der Waals surface area contributed by atoms with Gasteiger partial charge in [0.05, 0.1) is 16.6 Å². The summed E-state index contributed by atoms with van der Waals surface area (Å²) in [6, 6.07) is 13.2. The van der Waals surface area contributed by atoms with E-state index in [1.807, 2.05) is 36.5 Å². The summed E-state index contributed by atoms with van der Waals surface area (Å²) in [7, 11) is 0. The number of aromatic nitrogens is 5. The molecule has 3 aromatic heterocycles. The van der Waals surface area contributed by atoms with E-state index in [-0.39, 0.29) is 22.9 Å². The maximum atomic E-state index is 12.6. The van der Waals surface area contributed by atoms with Crippen molar-refractivity contribution in [2.45, 2.75) is 37.6 Å². The maximum absolute atomic E-state index is 12.6. The number of nitrogens with zero attached hydrogens (tertiary/aromatic N) is 4. The van der Waals surface area contributed by atoms with E-state index in [9.17, 15) is 9.59 Å². The molecule has 2 N–H and O–H groups in total. The summed E-state index contributed by atoms with van der Waals surface area (Å²) in [5.41, 5.74) is 1.68. The number of amides is 1. The molecule has 0 aliphatic heterocycles. The third-order valence-corrected chi connectivity index (χ3v) is 6.91. The molecule has 160 valence electrons. The van der Waals surface area contributed by atoms with E-state index >= 15 is 0 Å². The standard InChI is InChI=1S/C24H22N6O2/c31-22(15-6-7-20(25-14-15)30-9-3-8-26-30)27-17-12-24(13-17)10-16(11-24)21-18-4-1-2-5-19(18)23(32)29-28-21/h1-9,14,16-17H,10-13H2,(H,27,31)(H,29,32)/t16-,17-,24?. The molecule has 0 atom stereocenters. The number of carbonyl (C=O) groups excluding carboxylic acids is 1. The van der Waals surface area contributed by atoms with Crippen LogP contribution in [0.15, 0.2) is 65.8 Å². The van der Waals surface area contributed by atoms with Crippen LogP contribution in [0.25, 0.3) is 16.6 Å². The molecule has 8 nitrogen and oxygen atoms in total. The van der Waals surface area contributed by atoms with E-state index in [0.29, 0.717) is 22.7 Å². The minimum atomic E-state index is -0.142. The van der Waals surface area contributed by atoms with Gasteiger partial charge in [-0.25, -0.2) is 14.8 Å². The normalized spacial score (nSPS) is 24.1. The number of hydrogen-bond donors (Lipinski definition) is 2. The minimum Gasteiger partial charge on any atom is -0.349 e. The van der Waals surface area contributed by atoms with Gasteiger partial charge in [-0.2, -0.15) is 10.2 Å². The highest BCUT2D eigenvalue weighted by atomic mass is 16.1. The van der Waals surface area contributed by atoms with Crippen LogP contribution in [0.2, 0.25) is 0 Å². The molecule has 0 radical (unpaired) electrons. The summed E-state index contributed by atoms with van der Waals surface area (Å²) >= 11 is 0. The van der Waals surface area contributed by atoms with Gasteiger partial charge in [-0.15, -0.1) is 0 Å². The zero-order valence-corrected chi connectivity index (χ0v) is 17.4. The molecular weight excluding hydrogens is 404 g/mol. The Morgan fingerprint density at radius 2 is 1.88 bits per heavy atom. The summed E-state index contributed by atoms with van der Waals surface area (Å²) in [5.74, 6) is 0.944. The second-order valence-electron chi connectivity index (χ2n) is 9.02. The number of rotatable bonds is 4. The van der Waals surface area contributed by atoms with Crippen LogP contribution in [0.3, 0.4) is 0 Å². The van der Waals surface area contributed by atoms with Crippen molar-refractivity contribution < 1.29 is 4.79 Å². The number of aromatic amines is 1. The lowest BCUT2D eigenvalue weighted by atomic mass is 9.49. The molecule has 1 amide bonds. The van der Waals surface area contributed by atoms with E-state index in [2.05, 4.69) is 25.6 Å². The third-order valence-electron chi connectivity index (χ3n) is 6.91. The molecule has 0 saturated heterocycles. The molecule has 1 aromatic carbocycles. The number of pyridine rings is 1. The monoisotopic (exact) mass is 426 g/mol. The first-order chi connectivity index (χ1) is 15.6. The largest absolute Gasteiger partial charge is 0.349 e. The molecule has 3 heterocycles. The summed E-state index contributed by atoms with van der Waals surface area (Å²) in [6.07, 6.45) is 9.14. The molecule has 0 unspecified atom stereocenters. The molecule has 2 saturated carbocycles. The Morgan fingerprint density at radius 1 is 1.06 bits per heavy atom. The maximum Gasteiger partial charge on any atom is 0.272 e. The zero-order valence-electron chi connectivity index (χ0n) is 17.4. The van der Waals surface area contributed by atoms with Gasteiger partial charge >= 0.3 is 0 Å². The summed E-state index contributed by atoms with van der Waals surface area (Å²) in [5, 5.41) is 15.9.